The molecule has 1 N–H and O–H groups in total. The van der Waals surface area contributed by atoms with E-state index in [-0.39, 0.29) is 0 Å². The van der Waals surface area contributed by atoms with Gasteiger partial charge in [-0.3, -0.25) is 0 Å². The van der Waals surface area contributed by atoms with Crippen molar-refractivity contribution in [3.05, 3.63) is 35.9 Å². The van der Waals surface area contributed by atoms with Gasteiger partial charge in [-0.1, -0.05) is 26.0 Å². The highest BCUT2D eigenvalue weighted by molar-refractivity contribution is 5.85. The molecule has 0 radical (unpaired) electrons. The van der Waals surface area contributed by atoms with Crippen molar-refractivity contribution in [3.63, 3.8) is 0 Å². The van der Waals surface area contributed by atoms with Gasteiger partial charge in [-0.2, -0.15) is 0 Å². The molecule has 0 saturated heterocycles. The first kappa shape index (κ1) is 14.6. The Labute approximate surface area is 120 Å². The molecular formula is C17H22O3. The SMILES string of the molecule is CC1CCC(Oc2ccc(C=CC(=O)O)cc2)CC1C. The van der Waals surface area contributed by atoms with Gasteiger partial charge >= 0.3 is 5.97 Å². The van der Waals surface area contributed by atoms with Crippen LogP contribution in [-0.2, 0) is 4.79 Å². The molecule has 0 heterocycles. The molecule has 0 bridgehead atoms. The Hall–Kier alpha value is -1.77. The molecule has 3 unspecified atom stereocenters. The van der Waals surface area contributed by atoms with Crippen molar-refractivity contribution in [2.75, 3.05) is 0 Å². The molecule has 0 spiro atoms. The highest BCUT2D eigenvalue weighted by Gasteiger charge is 2.25. The highest BCUT2D eigenvalue weighted by atomic mass is 16.5. The van der Waals surface area contributed by atoms with Crippen LogP contribution in [0.5, 0.6) is 5.75 Å². The zero-order valence-electron chi connectivity index (χ0n) is 12.1. The normalized spacial score (nSPS) is 26.6. The van der Waals surface area contributed by atoms with Crippen LogP contribution in [0.3, 0.4) is 0 Å². The van der Waals surface area contributed by atoms with Crippen LogP contribution in [0.15, 0.2) is 30.3 Å². The molecule has 3 atom stereocenters. The fourth-order valence-electron chi connectivity index (χ4n) is 2.62. The van der Waals surface area contributed by atoms with E-state index in [9.17, 15) is 4.79 Å². The zero-order chi connectivity index (χ0) is 14.5. The summed E-state index contributed by atoms with van der Waals surface area (Å²) in [6.07, 6.45) is 6.48. The van der Waals surface area contributed by atoms with Crippen LogP contribution in [0.1, 0.15) is 38.7 Å². The number of carbonyl (C=O) groups is 1. The minimum atomic E-state index is -0.935. The molecular weight excluding hydrogens is 252 g/mol. The van der Waals surface area contributed by atoms with Gasteiger partial charge in [-0.05, 0) is 54.9 Å². The number of rotatable bonds is 4. The van der Waals surface area contributed by atoms with Crippen LogP contribution in [0.25, 0.3) is 6.08 Å². The van der Waals surface area contributed by atoms with Gasteiger partial charge in [0, 0.05) is 6.08 Å². The summed E-state index contributed by atoms with van der Waals surface area (Å²) < 4.78 is 6.01. The van der Waals surface area contributed by atoms with Crippen LogP contribution in [0.2, 0.25) is 0 Å². The summed E-state index contributed by atoms with van der Waals surface area (Å²) in [5, 5.41) is 8.58. The van der Waals surface area contributed by atoms with Gasteiger partial charge < -0.3 is 9.84 Å². The number of carboxylic acids is 1. The van der Waals surface area contributed by atoms with Crippen LogP contribution in [-0.4, -0.2) is 17.2 Å². The van der Waals surface area contributed by atoms with Gasteiger partial charge in [0.05, 0.1) is 6.10 Å². The lowest BCUT2D eigenvalue weighted by atomic mass is 9.80. The topological polar surface area (TPSA) is 46.5 Å². The summed E-state index contributed by atoms with van der Waals surface area (Å²) in [5.41, 5.74) is 0.866. The fraction of sp³-hybridized carbons (Fsp3) is 0.471. The maximum absolute atomic E-state index is 10.4. The average Bonchev–Trinajstić information content (AvgIpc) is 2.42. The van der Waals surface area contributed by atoms with Gasteiger partial charge in [0.15, 0.2) is 0 Å². The molecule has 1 fully saturated rings. The van der Waals surface area contributed by atoms with E-state index in [0.29, 0.717) is 12.0 Å². The Morgan fingerprint density at radius 2 is 1.90 bits per heavy atom. The van der Waals surface area contributed by atoms with Gasteiger partial charge in [-0.15, -0.1) is 0 Å². The summed E-state index contributed by atoms with van der Waals surface area (Å²) in [6, 6.07) is 7.57. The summed E-state index contributed by atoms with van der Waals surface area (Å²) in [5.74, 6) is 1.43. The maximum atomic E-state index is 10.4. The molecule has 108 valence electrons. The van der Waals surface area contributed by atoms with Gasteiger partial charge in [0.2, 0.25) is 0 Å². The van der Waals surface area contributed by atoms with Crippen molar-refractivity contribution in [2.24, 2.45) is 11.8 Å². The molecule has 20 heavy (non-hydrogen) atoms. The number of ether oxygens (including phenoxy) is 1. The van der Waals surface area contributed by atoms with Gasteiger partial charge in [0.25, 0.3) is 0 Å². The predicted molar refractivity (Wildman–Crippen MR) is 79.7 cm³/mol. The summed E-state index contributed by atoms with van der Waals surface area (Å²) in [6.45, 7) is 4.60. The Bertz CT molecular complexity index is 476. The standard InChI is InChI=1S/C17H22O3/c1-12-3-7-16(11-13(12)2)20-15-8-4-14(5-9-15)6-10-17(18)19/h4-6,8-10,12-13,16H,3,7,11H2,1-2H3,(H,18,19). The van der Waals surface area contributed by atoms with E-state index in [1.807, 2.05) is 24.3 Å². The third-order valence-corrected chi connectivity index (χ3v) is 4.15. The van der Waals surface area contributed by atoms with Crippen molar-refractivity contribution in [2.45, 2.75) is 39.2 Å². The number of hydrogen-bond acceptors (Lipinski definition) is 2. The average molecular weight is 274 g/mol. The Balaban J connectivity index is 1.92. The van der Waals surface area contributed by atoms with Crippen molar-refractivity contribution < 1.29 is 14.6 Å². The van der Waals surface area contributed by atoms with Crippen LogP contribution in [0.4, 0.5) is 0 Å². The molecule has 3 heteroatoms. The number of hydrogen-bond donors (Lipinski definition) is 1. The first-order valence-corrected chi connectivity index (χ1v) is 7.22. The van der Waals surface area contributed by atoms with E-state index in [4.69, 9.17) is 9.84 Å². The molecule has 0 amide bonds. The third-order valence-electron chi connectivity index (χ3n) is 4.15. The maximum Gasteiger partial charge on any atom is 0.328 e. The minimum absolute atomic E-state index is 0.307. The van der Waals surface area contributed by atoms with Crippen molar-refractivity contribution in [3.8, 4) is 5.75 Å². The molecule has 0 aliphatic heterocycles. The lowest BCUT2D eigenvalue weighted by molar-refractivity contribution is -0.131. The van der Waals surface area contributed by atoms with Crippen LogP contribution in [0, 0.1) is 11.8 Å². The fourth-order valence-corrected chi connectivity index (χ4v) is 2.62. The second kappa shape index (κ2) is 6.60. The molecule has 1 aliphatic rings. The molecule has 3 nitrogen and oxygen atoms in total. The second-order valence-corrected chi connectivity index (χ2v) is 5.75. The van der Waals surface area contributed by atoms with Gasteiger partial charge in [0.1, 0.15) is 5.75 Å². The summed E-state index contributed by atoms with van der Waals surface area (Å²) >= 11 is 0. The smallest absolute Gasteiger partial charge is 0.328 e. The summed E-state index contributed by atoms with van der Waals surface area (Å²) in [7, 11) is 0. The van der Waals surface area contributed by atoms with E-state index in [1.54, 1.807) is 6.08 Å². The van der Waals surface area contributed by atoms with E-state index >= 15 is 0 Å². The molecule has 1 aromatic carbocycles. The lowest BCUT2D eigenvalue weighted by Crippen LogP contribution is -2.28. The van der Waals surface area contributed by atoms with E-state index in [2.05, 4.69) is 13.8 Å². The lowest BCUT2D eigenvalue weighted by Gasteiger charge is -2.32. The second-order valence-electron chi connectivity index (χ2n) is 5.75. The van der Waals surface area contributed by atoms with Crippen molar-refractivity contribution in [1.82, 2.24) is 0 Å². The largest absolute Gasteiger partial charge is 0.490 e. The van der Waals surface area contributed by atoms with E-state index in [0.717, 1.165) is 36.1 Å². The summed E-state index contributed by atoms with van der Waals surface area (Å²) in [4.78, 5) is 10.4. The van der Waals surface area contributed by atoms with Crippen LogP contribution < -0.4 is 4.74 Å². The molecule has 1 aromatic rings. The van der Waals surface area contributed by atoms with E-state index in [1.165, 1.54) is 6.42 Å². The molecule has 2 rings (SSSR count). The van der Waals surface area contributed by atoms with Crippen molar-refractivity contribution >= 4 is 12.0 Å². The highest BCUT2D eigenvalue weighted by Crippen LogP contribution is 2.31. The Morgan fingerprint density at radius 3 is 2.50 bits per heavy atom. The monoisotopic (exact) mass is 274 g/mol. The quantitative estimate of drug-likeness (QED) is 0.844. The minimum Gasteiger partial charge on any atom is -0.490 e. The van der Waals surface area contributed by atoms with Crippen LogP contribution >= 0.6 is 0 Å². The number of benzene rings is 1. The molecule has 0 aromatic heterocycles. The number of aliphatic carboxylic acids is 1. The van der Waals surface area contributed by atoms with E-state index < -0.39 is 5.97 Å². The van der Waals surface area contributed by atoms with Crippen molar-refractivity contribution in [1.29, 1.82) is 0 Å². The molecule has 1 saturated carbocycles. The first-order valence-electron chi connectivity index (χ1n) is 7.22. The number of carboxylic acid groups (broad SMARTS) is 1. The third kappa shape index (κ3) is 4.12. The first-order chi connectivity index (χ1) is 9.54. The van der Waals surface area contributed by atoms with Gasteiger partial charge in [-0.25, -0.2) is 4.79 Å². The zero-order valence-corrected chi connectivity index (χ0v) is 12.1. The Kier molecular flexibility index (Phi) is 4.83. The Morgan fingerprint density at radius 1 is 1.20 bits per heavy atom. The molecule has 1 aliphatic carbocycles. The predicted octanol–water partition coefficient (Wildman–Crippen LogP) is 3.99.